The molecule has 0 saturated carbocycles. The molecule has 0 radical (unpaired) electrons. The van der Waals surface area contributed by atoms with E-state index < -0.39 is 29.7 Å². The van der Waals surface area contributed by atoms with Crippen LogP contribution in [0.5, 0.6) is 0 Å². The van der Waals surface area contributed by atoms with Crippen LogP contribution in [0.1, 0.15) is 0 Å². The second-order valence-electron chi connectivity index (χ2n) is 2.30. The minimum absolute atomic E-state index is 0. The normalized spacial score (nSPS) is 12.9. The molecular formula is C5F6MgO4. The Balaban J connectivity index is 0. The van der Waals surface area contributed by atoms with Crippen LogP contribution in [0.15, 0.2) is 0 Å². The van der Waals surface area contributed by atoms with Gasteiger partial charge < -0.3 is 19.8 Å². The first kappa shape index (κ1) is 17.7. The summed E-state index contributed by atoms with van der Waals surface area (Å²) in [4.78, 5) is 18.9. The van der Waals surface area contributed by atoms with Crippen LogP contribution in [0.4, 0.5) is 26.3 Å². The van der Waals surface area contributed by atoms with Crippen molar-refractivity contribution < 1.29 is 46.1 Å². The van der Waals surface area contributed by atoms with Gasteiger partial charge >= 0.3 is 40.8 Å². The molecule has 0 atom stereocenters. The fourth-order valence-corrected chi connectivity index (χ4v) is 0.454. The fourth-order valence-electron chi connectivity index (χ4n) is 0.454. The van der Waals surface area contributed by atoms with E-state index in [1.54, 1.807) is 0 Å². The molecule has 0 spiro atoms. The SMILES string of the molecule is O=C([O-])C(F)(F)C(F)(F)C(F)(F)C(=O)[O-].[Mg+2]. The number of alkyl halides is 6. The van der Waals surface area contributed by atoms with Crippen molar-refractivity contribution in [2.24, 2.45) is 0 Å². The molecule has 0 aromatic rings. The third-order valence-electron chi connectivity index (χ3n) is 1.30. The van der Waals surface area contributed by atoms with Gasteiger partial charge in [-0.3, -0.25) is 0 Å². The molecule has 11 heteroatoms. The molecule has 16 heavy (non-hydrogen) atoms. The van der Waals surface area contributed by atoms with E-state index in [0.717, 1.165) is 0 Å². The molecular weight excluding hydrogens is 262 g/mol. The average Bonchev–Trinajstić information content (AvgIpc) is 2.02. The molecule has 0 aliphatic heterocycles. The number of rotatable bonds is 4. The van der Waals surface area contributed by atoms with Gasteiger partial charge in [0.1, 0.15) is 11.9 Å². The van der Waals surface area contributed by atoms with E-state index in [2.05, 4.69) is 0 Å². The van der Waals surface area contributed by atoms with Crippen LogP contribution in [0.3, 0.4) is 0 Å². The van der Waals surface area contributed by atoms with Gasteiger partial charge in [0.15, 0.2) is 0 Å². The smallest absolute Gasteiger partial charge is 0.544 e. The maximum absolute atomic E-state index is 12.1. The Labute approximate surface area is 99.4 Å². The van der Waals surface area contributed by atoms with E-state index in [4.69, 9.17) is 0 Å². The second kappa shape index (κ2) is 4.65. The van der Waals surface area contributed by atoms with Gasteiger partial charge in [-0.15, -0.1) is 0 Å². The van der Waals surface area contributed by atoms with Crippen LogP contribution in [-0.2, 0) is 9.59 Å². The summed E-state index contributed by atoms with van der Waals surface area (Å²) in [5.74, 6) is -27.0. The van der Waals surface area contributed by atoms with Gasteiger partial charge in [-0.05, 0) is 0 Å². The molecule has 4 nitrogen and oxygen atoms in total. The molecule has 0 aliphatic rings. The maximum Gasteiger partial charge on any atom is 2.00 e. The summed E-state index contributed by atoms with van der Waals surface area (Å²) in [6.07, 6.45) is 0. The minimum atomic E-state index is -6.66. The molecule has 0 rings (SSSR count). The van der Waals surface area contributed by atoms with Crippen LogP contribution >= 0.6 is 0 Å². The Morgan fingerprint density at radius 1 is 0.750 bits per heavy atom. The number of hydrogen-bond donors (Lipinski definition) is 0. The largest absolute Gasteiger partial charge is 2.00 e. The number of hydrogen-bond acceptors (Lipinski definition) is 4. The van der Waals surface area contributed by atoms with Crippen LogP contribution < -0.4 is 10.2 Å². The van der Waals surface area contributed by atoms with E-state index in [1.165, 1.54) is 0 Å². The van der Waals surface area contributed by atoms with Gasteiger partial charge in [0.2, 0.25) is 0 Å². The zero-order chi connectivity index (χ0) is 12.7. The second-order valence-corrected chi connectivity index (χ2v) is 2.30. The summed E-state index contributed by atoms with van der Waals surface area (Å²) in [5.41, 5.74) is 0. The number of carbonyl (C=O) groups excluding carboxylic acids is 2. The van der Waals surface area contributed by atoms with Gasteiger partial charge in [-0.25, -0.2) is 0 Å². The monoisotopic (exact) mass is 262 g/mol. The van der Waals surface area contributed by atoms with Crippen molar-refractivity contribution in [3.8, 4) is 0 Å². The standard InChI is InChI=1S/C5H2F6O4.Mg/c6-3(7,1(12)13)5(10,11)4(8,9)2(14)15;/h(H,12,13)(H,14,15);/q;+2/p-2. The van der Waals surface area contributed by atoms with Crippen molar-refractivity contribution in [3.05, 3.63) is 0 Å². The van der Waals surface area contributed by atoms with Crippen molar-refractivity contribution in [1.29, 1.82) is 0 Å². The third kappa shape index (κ3) is 2.34. The van der Waals surface area contributed by atoms with E-state index >= 15 is 0 Å². The Morgan fingerprint density at radius 3 is 1.06 bits per heavy atom. The van der Waals surface area contributed by atoms with E-state index in [1.807, 2.05) is 0 Å². The molecule has 0 heterocycles. The molecule has 0 fully saturated rings. The summed E-state index contributed by atoms with van der Waals surface area (Å²) in [5, 5.41) is 18.9. The first-order valence-electron chi connectivity index (χ1n) is 2.95. The zero-order valence-corrected chi connectivity index (χ0v) is 8.52. The maximum atomic E-state index is 12.1. The van der Waals surface area contributed by atoms with Gasteiger partial charge in [-0.1, -0.05) is 0 Å². The first-order chi connectivity index (χ1) is 6.39. The third-order valence-corrected chi connectivity index (χ3v) is 1.30. The number of carboxylic acid groups (broad SMARTS) is 2. The number of carboxylic acids is 2. The van der Waals surface area contributed by atoms with Crippen molar-refractivity contribution in [2.45, 2.75) is 17.8 Å². The van der Waals surface area contributed by atoms with Crippen molar-refractivity contribution in [1.82, 2.24) is 0 Å². The molecule has 0 unspecified atom stereocenters. The molecule has 0 aliphatic carbocycles. The molecule has 0 N–H and O–H groups in total. The predicted octanol–water partition coefficient (Wildman–Crippen LogP) is -1.99. The quantitative estimate of drug-likeness (QED) is 0.434. The van der Waals surface area contributed by atoms with Crippen molar-refractivity contribution >= 4 is 35.0 Å². The number of halogens is 6. The molecule has 0 bridgehead atoms. The van der Waals surface area contributed by atoms with Crippen LogP contribution in [0.25, 0.3) is 0 Å². The molecule has 0 aromatic heterocycles. The van der Waals surface area contributed by atoms with Crippen LogP contribution in [0.2, 0.25) is 0 Å². The summed E-state index contributed by atoms with van der Waals surface area (Å²) in [7, 11) is 0. The van der Waals surface area contributed by atoms with Crippen molar-refractivity contribution in [2.75, 3.05) is 0 Å². The predicted molar refractivity (Wildman–Crippen MR) is 30.6 cm³/mol. The van der Waals surface area contributed by atoms with Gasteiger partial charge in [0.25, 0.3) is 0 Å². The summed E-state index contributed by atoms with van der Waals surface area (Å²) < 4.78 is 72.3. The first-order valence-corrected chi connectivity index (χ1v) is 2.95. The Hall–Kier alpha value is -0.714. The summed E-state index contributed by atoms with van der Waals surface area (Å²) >= 11 is 0. The molecule has 0 amide bonds. The number of carbonyl (C=O) groups is 2. The van der Waals surface area contributed by atoms with Crippen molar-refractivity contribution in [3.63, 3.8) is 0 Å². The fraction of sp³-hybridized carbons (Fsp3) is 0.600. The average molecular weight is 262 g/mol. The Bertz CT molecular complexity index is 275. The molecule has 0 aromatic carbocycles. The van der Waals surface area contributed by atoms with Gasteiger partial charge in [-0.2, -0.15) is 26.3 Å². The topological polar surface area (TPSA) is 80.3 Å². The minimum Gasteiger partial charge on any atom is -0.544 e. The van der Waals surface area contributed by atoms with Gasteiger partial charge in [0.05, 0.1) is 0 Å². The summed E-state index contributed by atoms with van der Waals surface area (Å²) in [6.45, 7) is 0. The van der Waals surface area contributed by atoms with Gasteiger partial charge in [0, 0.05) is 0 Å². The number of aliphatic carboxylic acids is 2. The van der Waals surface area contributed by atoms with Crippen LogP contribution in [0, 0.1) is 0 Å². The molecule has 88 valence electrons. The molecule has 0 saturated heterocycles. The Kier molecular flexibility index (Phi) is 5.14. The van der Waals surface area contributed by atoms with E-state index in [-0.39, 0.29) is 23.1 Å². The van der Waals surface area contributed by atoms with E-state index in [9.17, 15) is 46.1 Å². The zero-order valence-electron chi connectivity index (χ0n) is 7.11. The summed E-state index contributed by atoms with van der Waals surface area (Å²) in [6, 6.07) is 0. The van der Waals surface area contributed by atoms with Crippen LogP contribution in [-0.4, -0.2) is 52.8 Å². The Morgan fingerprint density at radius 2 is 0.938 bits per heavy atom. The van der Waals surface area contributed by atoms with E-state index in [0.29, 0.717) is 0 Å².